The van der Waals surface area contributed by atoms with E-state index in [1.165, 1.54) is 6.26 Å². The van der Waals surface area contributed by atoms with Gasteiger partial charge in [0.2, 0.25) is 0 Å². The molecule has 0 bridgehead atoms. The number of carbonyl (C=O) groups excluding carboxylic acids is 2. The highest BCUT2D eigenvalue weighted by Crippen LogP contribution is 2.31. The molecular weight excluding hydrogens is 342 g/mol. The van der Waals surface area contributed by atoms with Crippen LogP contribution in [0.15, 0.2) is 41.0 Å². The molecule has 0 aliphatic heterocycles. The van der Waals surface area contributed by atoms with Gasteiger partial charge in [0.25, 0.3) is 11.8 Å². The molecule has 0 spiro atoms. The Morgan fingerprint density at radius 2 is 2.04 bits per heavy atom. The Balaban J connectivity index is 0.00000225. The topological polar surface area (TPSA) is 97.4 Å². The predicted octanol–water partition coefficient (Wildman–Crippen LogP) is 2.73. The van der Waals surface area contributed by atoms with E-state index in [-0.39, 0.29) is 36.0 Å². The lowest BCUT2D eigenvalue weighted by Gasteiger charge is -2.13. The minimum atomic E-state index is -0.351. The van der Waals surface area contributed by atoms with E-state index in [1.54, 1.807) is 30.3 Å². The van der Waals surface area contributed by atoms with Crippen LogP contribution in [-0.2, 0) is 0 Å². The van der Waals surface area contributed by atoms with E-state index in [0.29, 0.717) is 23.7 Å². The highest BCUT2D eigenvalue weighted by atomic mass is 35.5. The van der Waals surface area contributed by atoms with Crippen LogP contribution in [0, 0.1) is 12.8 Å². The molecule has 134 valence electrons. The highest BCUT2D eigenvalue weighted by Gasteiger charge is 2.28. The highest BCUT2D eigenvalue weighted by molar-refractivity contribution is 6.03. The summed E-state index contributed by atoms with van der Waals surface area (Å²) in [6, 6.07) is 8.43. The van der Waals surface area contributed by atoms with Gasteiger partial charge in [0.05, 0.1) is 6.26 Å². The van der Waals surface area contributed by atoms with Crippen LogP contribution in [-0.4, -0.2) is 24.4 Å². The Bertz CT molecular complexity index is 742. The Morgan fingerprint density at radius 1 is 1.28 bits per heavy atom. The van der Waals surface area contributed by atoms with E-state index in [2.05, 4.69) is 10.6 Å². The van der Waals surface area contributed by atoms with Gasteiger partial charge in [0, 0.05) is 23.8 Å². The number of amides is 2. The summed E-state index contributed by atoms with van der Waals surface area (Å²) in [7, 11) is 0. The Hall–Kier alpha value is -2.31. The Labute approximate surface area is 152 Å². The number of furan rings is 1. The first-order chi connectivity index (χ1) is 11.5. The molecule has 7 heteroatoms. The van der Waals surface area contributed by atoms with Crippen molar-refractivity contribution in [1.29, 1.82) is 0 Å². The minimum absolute atomic E-state index is 0. The fraction of sp³-hybridized carbons (Fsp3) is 0.333. The molecule has 4 N–H and O–H groups in total. The molecule has 6 nitrogen and oxygen atoms in total. The smallest absolute Gasteiger partial charge is 0.291 e. The third-order valence-electron chi connectivity index (χ3n) is 4.22. The number of nitrogens with one attached hydrogen (secondary N) is 2. The predicted molar refractivity (Wildman–Crippen MR) is 98.1 cm³/mol. The van der Waals surface area contributed by atoms with Crippen LogP contribution in [0.3, 0.4) is 0 Å². The second-order valence-electron chi connectivity index (χ2n) is 6.17. The van der Waals surface area contributed by atoms with E-state index in [1.807, 2.05) is 6.92 Å². The normalized spacial score (nSPS) is 14.3. The molecule has 25 heavy (non-hydrogen) atoms. The second-order valence-corrected chi connectivity index (χ2v) is 6.17. The fourth-order valence-electron chi connectivity index (χ4n) is 2.49. The SMILES string of the molecule is Cc1ccc(C(=O)NCC(N)C2CC2)cc1NC(=O)c1ccco1.Cl. The first-order valence-corrected chi connectivity index (χ1v) is 8.04. The van der Waals surface area contributed by atoms with Crippen LogP contribution in [0.1, 0.15) is 39.3 Å². The maximum Gasteiger partial charge on any atom is 0.291 e. The molecule has 1 aliphatic rings. The summed E-state index contributed by atoms with van der Waals surface area (Å²) in [5.41, 5.74) is 7.92. The fourth-order valence-corrected chi connectivity index (χ4v) is 2.49. The van der Waals surface area contributed by atoms with Gasteiger partial charge < -0.3 is 20.8 Å². The maximum absolute atomic E-state index is 12.3. The van der Waals surface area contributed by atoms with Crippen molar-refractivity contribution in [2.24, 2.45) is 11.7 Å². The van der Waals surface area contributed by atoms with Crippen LogP contribution in [0.2, 0.25) is 0 Å². The standard InChI is InChI=1S/C18H21N3O3.ClH/c1-11-4-5-13(17(22)20-10-14(19)12-6-7-12)9-15(11)21-18(23)16-3-2-8-24-16;/h2-5,8-9,12,14H,6-7,10,19H2,1H3,(H,20,22)(H,21,23);1H. The summed E-state index contributed by atoms with van der Waals surface area (Å²) >= 11 is 0. The largest absolute Gasteiger partial charge is 0.459 e. The maximum atomic E-state index is 12.3. The lowest BCUT2D eigenvalue weighted by Crippen LogP contribution is -2.38. The van der Waals surface area contributed by atoms with Crippen LogP contribution >= 0.6 is 12.4 Å². The van der Waals surface area contributed by atoms with Gasteiger partial charge in [-0.2, -0.15) is 0 Å². The lowest BCUT2D eigenvalue weighted by molar-refractivity contribution is 0.0948. The molecule has 0 saturated heterocycles. The summed E-state index contributed by atoms with van der Waals surface area (Å²) in [6.45, 7) is 2.33. The molecule has 1 unspecified atom stereocenters. The van der Waals surface area contributed by atoms with E-state index in [4.69, 9.17) is 10.2 Å². The van der Waals surface area contributed by atoms with Crippen molar-refractivity contribution in [3.8, 4) is 0 Å². The molecule has 1 fully saturated rings. The monoisotopic (exact) mass is 363 g/mol. The van der Waals surface area contributed by atoms with Crippen molar-refractivity contribution >= 4 is 29.9 Å². The number of nitrogens with two attached hydrogens (primary N) is 1. The number of hydrogen-bond donors (Lipinski definition) is 3. The van der Waals surface area contributed by atoms with Crippen molar-refractivity contribution in [2.75, 3.05) is 11.9 Å². The van der Waals surface area contributed by atoms with Gasteiger partial charge in [-0.15, -0.1) is 12.4 Å². The molecule has 2 aromatic rings. The summed E-state index contributed by atoms with van der Waals surface area (Å²) in [4.78, 5) is 24.4. The number of rotatable bonds is 6. The number of hydrogen-bond acceptors (Lipinski definition) is 4. The number of halogens is 1. The molecule has 1 aromatic heterocycles. The molecule has 1 saturated carbocycles. The Morgan fingerprint density at radius 3 is 2.68 bits per heavy atom. The lowest BCUT2D eigenvalue weighted by atomic mass is 10.1. The van der Waals surface area contributed by atoms with Crippen LogP contribution in [0.4, 0.5) is 5.69 Å². The second kappa shape index (κ2) is 8.18. The molecule has 1 atom stereocenters. The average molecular weight is 364 g/mol. The molecule has 2 amide bonds. The molecular formula is C18H22ClN3O3. The Kier molecular flexibility index (Phi) is 6.22. The van der Waals surface area contributed by atoms with Crippen molar-refractivity contribution in [3.05, 3.63) is 53.5 Å². The first-order valence-electron chi connectivity index (χ1n) is 8.04. The van der Waals surface area contributed by atoms with Crippen LogP contribution in [0.25, 0.3) is 0 Å². The van der Waals surface area contributed by atoms with Gasteiger partial charge in [-0.3, -0.25) is 9.59 Å². The van der Waals surface area contributed by atoms with Crippen LogP contribution in [0.5, 0.6) is 0 Å². The first kappa shape index (κ1) is 19.0. The zero-order valence-corrected chi connectivity index (χ0v) is 14.8. The van der Waals surface area contributed by atoms with E-state index < -0.39 is 0 Å². The van der Waals surface area contributed by atoms with Gasteiger partial charge in [-0.25, -0.2) is 0 Å². The molecule has 3 rings (SSSR count). The number of anilines is 1. The zero-order valence-electron chi connectivity index (χ0n) is 14.0. The quantitative estimate of drug-likeness (QED) is 0.735. The number of aryl methyl sites for hydroxylation is 1. The van der Waals surface area contributed by atoms with Crippen molar-refractivity contribution in [3.63, 3.8) is 0 Å². The van der Waals surface area contributed by atoms with Crippen molar-refractivity contribution in [2.45, 2.75) is 25.8 Å². The van der Waals surface area contributed by atoms with Gasteiger partial charge in [-0.1, -0.05) is 6.07 Å². The van der Waals surface area contributed by atoms with Crippen molar-refractivity contribution in [1.82, 2.24) is 5.32 Å². The molecule has 0 radical (unpaired) electrons. The van der Waals surface area contributed by atoms with E-state index in [0.717, 1.165) is 18.4 Å². The summed E-state index contributed by atoms with van der Waals surface area (Å²) < 4.78 is 5.07. The van der Waals surface area contributed by atoms with E-state index >= 15 is 0 Å². The number of benzene rings is 1. The van der Waals surface area contributed by atoms with Crippen LogP contribution < -0.4 is 16.4 Å². The molecule has 1 aliphatic carbocycles. The third-order valence-corrected chi connectivity index (χ3v) is 4.22. The third kappa shape index (κ3) is 4.84. The summed E-state index contributed by atoms with van der Waals surface area (Å²) in [6.07, 6.45) is 3.73. The minimum Gasteiger partial charge on any atom is -0.459 e. The van der Waals surface area contributed by atoms with Gasteiger partial charge in [-0.05, 0) is 55.5 Å². The zero-order chi connectivity index (χ0) is 17.1. The molecule has 1 aromatic carbocycles. The van der Waals surface area contributed by atoms with Gasteiger partial charge in [0.15, 0.2) is 5.76 Å². The van der Waals surface area contributed by atoms with E-state index in [9.17, 15) is 9.59 Å². The summed E-state index contributed by atoms with van der Waals surface area (Å²) in [5.74, 6) is 0.210. The average Bonchev–Trinajstić information content (AvgIpc) is 3.28. The summed E-state index contributed by atoms with van der Waals surface area (Å²) in [5, 5.41) is 5.62. The molecule has 1 heterocycles. The van der Waals surface area contributed by atoms with Gasteiger partial charge >= 0.3 is 0 Å². The number of carbonyl (C=O) groups is 2. The van der Waals surface area contributed by atoms with Crippen molar-refractivity contribution < 1.29 is 14.0 Å². The van der Waals surface area contributed by atoms with Gasteiger partial charge in [0.1, 0.15) is 0 Å².